The van der Waals surface area contributed by atoms with Crippen LogP contribution in [0.1, 0.15) is 28.2 Å². The van der Waals surface area contributed by atoms with E-state index < -0.39 is 23.7 Å². The van der Waals surface area contributed by atoms with Crippen LogP contribution in [0, 0.1) is 10.5 Å². The summed E-state index contributed by atoms with van der Waals surface area (Å²) in [6.45, 7) is 1.54. The lowest BCUT2D eigenvalue weighted by Crippen LogP contribution is -2.09. The summed E-state index contributed by atoms with van der Waals surface area (Å²) in [6.07, 6.45) is -2.87. The second-order valence-electron chi connectivity index (χ2n) is 2.61. The summed E-state index contributed by atoms with van der Waals surface area (Å²) in [4.78, 5) is 14.2. The third-order valence-corrected chi connectivity index (χ3v) is 2.40. The molecule has 0 atom stereocenters. The number of hydrogen-bond donors (Lipinski definition) is 1. The van der Waals surface area contributed by atoms with E-state index in [1.54, 1.807) is 29.5 Å². The molecule has 0 aliphatic rings. The Morgan fingerprint density at radius 3 is 2.64 bits per heavy atom. The van der Waals surface area contributed by atoms with Gasteiger partial charge in [-0.1, -0.05) is 0 Å². The summed E-state index contributed by atoms with van der Waals surface area (Å²) in [5.41, 5.74) is -0.692. The van der Waals surface area contributed by atoms with Gasteiger partial charge in [0.05, 0.1) is 0 Å². The van der Waals surface area contributed by atoms with Crippen molar-refractivity contribution in [2.75, 3.05) is 0 Å². The molecule has 1 aromatic rings. The number of carbonyl (C=O) groups is 1. The summed E-state index contributed by atoms with van der Waals surface area (Å²) < 4.78 is 25.1. The van der Waals surface area contributed by atoms with Crippen LogP contribution in [0.3, 0.4) is 0 Å². The van der Waals surface area contributed by atoms with Gasteiger partial charge in [-0.3, -0.25) is 4.98 Å². The maximum Gasteiger partial charge on any atom is 0.338 e. The molecule has 1 heterocycles. The SMILES string of the molecule is Cc1cc(I)c(C(=O)O)c(C(F)F)n1. The van der Waals surface area contributed by atoms with Crippen molar-refractivity contribution in [2.45, 2.75) is 13.3 Å². The molecule has 6 heteroatoms. The predicted molar refractivity (Wildman–Crippen MR) is 53.6 cm³/mol. The Bertz CT molecular complexity index is 382. The zero-order chi connectivity index (χ0) is 10.9. The number of halogens is 3. The van der Waals surface area contributed by atoms with Gasteiger partial charge >= 0.3 is 5.97 Å². The van der Waals surface area contributed by atoms with Gasteiger partial charge in [-0.2, -0.15) is 0 Å². The zero-order valence-corrected chi connectivity index (χ0v) is 9.25. The smallest absolute Gasteiger partial charge is 0.338 e. The quantitative estimate of drug-likeness (QED) is 0.854. The van der Waals surface area contributed by atoms with E-state index in [0.29, 0.717) is 5.69 Å². The highest BCUT2D eigenvalue weighted by molar-refractivity contribution is 14.1. The number of carboxylic acids is 1. The molecular formula is C8H6F2INO2. The molecule has 14 heavy (non-hydrogen) atoms. The topological polar surface area (TPSA) is 50.2 Å². The van der Waals surface area contributed by atoms with Crippen molar-refractivity contribution in [1.29, 1.82) is 0 Å². The molecule has 0 bridgehead atoms. The molecule has 0 spiro atoms. The average molecular weight is 313 g/mol. The Kier molecular flexibility index (Phi) is 3.35. The number of nitrogens with zero attached hydrogens (tertiary/aromatic N) is 1. The molecule has 1 rings (SSSR count). The van der Waals surface area contributed by atoms with Gasteiger partial charge in [-0.05, 0) is 35.6 Å². The first-order chi connectivity index (χ1) is 6.43. The minimum absolute atomic E-state index is 0.276. The lowest BCUT2D eigenvalue weighted by molar-refractivity contribution is 0.0681. The van der Waals surface area contributed by atoms with Crippen molar-refractivity contribution in [3.05, 3.63) is 26.6 Å². The molecule has 0 saturated heterocycles. The fourth-order valence-electron chi connectivity index (χ4n) is 1.03. The Hall–Kier alpha value is -0.790. The van der Waals surface area contributed by atoms with Gasteiger partial charge in [0.2, 0.25) is 0 Å². The third kappa shape index (κ3) is 2.17. The van der Waals surface area contributed by atoms with Crippen LogP contribution in [0.5, 0.6) is 0 Å². The Morgan fingerprint density at radius 1 is 1.64 bits per heavy atom. The molecule has 0 unspecified atom stereocenters. The molecule has 0 saturated carbocycles. The van der Waals surface area contributed by atoms with E-state index in [-0.39, 0.29) is 3.57 Å². The van der Waals surface area contributed by atoms with E-state index in [9.17, 15) is 13.6 Å². The molecule has 0 fully saturated rings. The number of aromatic nitrogens is 1. The summed E-state index contributed by atoms with van der Waals surface area (Å²) in [5.74, 6) is -1.38. The number of pyridine rings is 1. The summed E-state index contributed by atoms with van der Waals surface area (Å²) in [7, 11) is 0. The average Bonchev–Trinajstić information content (AvgIpc) is 2.01. The van der Waals surface area contributed by atoms with Gasteiger partial charge in [0, 0.05) is 9.26 Å². The monoisotopic (exact) mass is 313 g/mol. The third-order valence-electron chi connectivity index (χ3n) is 1.55. The lowest BCUT2D eigenvalue weighted by atomic mass is 10.2. The summed E-state index contributed by atoms with van der Waals surface area (Å²) >= 11 is 1.71. The van der Waals surface area contributed by atoms with Crippen LogP contribution in [0.15, 0.2) is 6.07 Å². The molecule has 1 N–H and O–H groups in total. The number of aryl methyl sites for hydroxylation is 1. The van der Waals surface area contributed by atoms with Crippen molar-refractivity contribution in [3.63, 3.8) is 0 Å². The maximum atomic E-state index is 12.4. The van der Waals surface area contributed by atoms with E-state index >= 15 is 0 Å². The second-order valence-corrected chi connectivity index (χ2v) is 3.77. The van der Waals surface area contributed by atoms with Crippen LogP contribution in [-0.2, 0) is 0 Å². The van der Waals surface area contributed by atoms with Crippen LogP contribution < -0.4 is 0 Å². The number of aromatic carboxylic acids is 1. The zero-order valence-electron chi connectivity index (χ0n) is 7.09. The highest BCUT2D eigenvalue weighted by Gasteiger charge is 2.22. The molecule has 0 radical (unpaired) electrons. The van der Waals surface area contributed by atoms with Crippen molar-refractivity contribution in [1.82, 2.24) is 4.98 Å². The van der Waals surface area contributed by atoms with Crippen LogP contribution in [0.2, 0.25) is 0 Å². The highest BCUT2D eigenvalue weighted by Crippen LogP contribution is 2.25. The standard InChI is InChI=1S/C8H6F2INO2/c1-3-2-4(11)5(8(13)14)6(12-3)7(9)10/h2,7H,1H3,(H,13,14). The predicted octanol–water partition coefficient (Wildman–Crippen LogP) is 2.63. The van der Waals surface area contributed by atoms with E-state index in [1.165, 1.54) is 6.07 Å². The van der Waals surface area contributed by atoms with Crippen LogP contribution in [0.4, 0.5) is 8.78 Å². The van der Waals surface area contributed by atoms with Gasteiger partial charge < -0.3 is 5.11 Å². The van der Waals surface area contributed by atoms with Crippen molar-refractivity contribution in [2.24, 2.45) is 0 Å². The minimum atomic E-state index is -2.87. The van der Waals surface area contributed by atoms with Crippen LogP contribution in [-0.4, -0.2) is 16.1 Å². The molecule has 1 aromatic heterocycles. The molecule has 0 aromatic carbocycles. The minimum Gasteiger partial charge on any atom is -0.478 e. The van der Waals surface area contributed by atoms with Gasteiger partial charge in [-0.25, -0.2) is 13.6 Å². The summed E-state index contributed by atoms with van der Waals surface area (Å²) in [5, 5.41) is 8.71. The first kappa shape index (κ1) is 11.3. The highest BCUT2D eigenvalue weighted by atomic mass is 127. The van der Waals surface area contributed by atoms with Gasteiger partial charge in [-0.15, -0.1) is 0 Å². The van der Waals surface area contributed by atoms with Gasteiger partial charge in [0.25, 0.3) is 6.43 Å². The molecule has 76 valence electrons. The first-order valence-electron chi connectivity index (χ1n) is 3.62. The fourth-order valence-corrected chi connectivity index (χ4v) is 1.98. The molecule has 3 nitrogen and oxygen atoms in total. The number of rotatable bonds is 2. The normalized spacial score (nSPS) is 10.6. The van der Waals surface area contributed by atoms with E-state index in [2.05, 4.69) is 4.98 Å². The van der Waals surface area contributed by atoms with Gasteiger partial charge in [0.1, 0.15) is 11.3 Å². The van der Waals surface area contributed by atoms with Crippen LogP contribution >= 0.6 is 22.6 Å². The van der Waals surface area contributed by atoms with Crippen LogP contribution in [0.25, 0.3) is 0 Å². The maximum absolute atomic E-state index is 12.4. The number of hydrogen-bond acceptors (Lipinski definition) is 2. The molecular weight excluding hydrogens is 307 g/mol. The van der Waals surface area contributed by atoms with Crippen molar-refractivity contribution in [3.8, 4) is 0 Å². The first-order valence-corrected chi connectivity index (χ1v) is 4.70. The Labute approximate surface area is 92.3 Å². The van der Waals surface area contributed by atoms with E-state index in [1.807, 2.05) is 0 Å². The van der Waals surface area contributed by atoms with E-state index in [0.717, 1.165) is 0 Å². The summed E-state index contributed by atoms with van der Waals surface area (Å²) in [6, 6.07) is 1.45. The van der Waals surface area contributed by atoms with Crippen molar-refractivity contribution >= 4 is 28.6 Å². The van der Waals surface area contributed by atoms with E-state index in [4.69, 9.17) is 5.11 Å². The van der Waals surface area contributed by atoms with Gasteiger partial charge in [0.15, 0.2) is 0 Å². The molecule has 0 aliphatic heterocycles. The Balaban J connectivity index is 3.44. The number of alkyl halides is 2. The number of carboxylic acid groups (broad SMARTS) is 1. The Morgan fingerprint density at radius 2 is 2.21 bits per heavy atom. The fraction of sp³-hybridized carbons (Fsp3) is 0.250. The molecule has 0 amide bonds. The van der Waals surface area contributed by atoms with Crippen molar-refractivity contribution < 1.29 is 18.7 Å². The molecule has 0 aliphatic carbocycles. The largest absolute Gasteiger partial charge is 0.478 e. The second kappa shape index (κ2) is 4.16. The lowest BCUT2D eigenvalue weighted by Gasteiger charge is -2.07.